The summed E-state index contributed by atoms with van der Waals surface area (Å²) in [5, 5.41) is 7.63. The molecule has 6 heteroatoms. The lowest BCUT2D eigenvalue weighted by atomic mass is 10.2. The fraction of sp³-hybridized carbons (Fsp3) is 0.231. The Hall–Kier alpha value is -1.40. The Morgan fingerprint density at radius 1 is 1.42 bits per heavy atom. The van der Waals surface area contributed by atoms with Gasteiger partial charge in [0, 0.05) is 39.2 Å². The molecule has 0 atom stereocenters. The van der Waals surface area contributed by atoms with Gasteiger partial charge in [-0.1, -0.05) is 0 Å². The molecule has 96 valence electrons. The molecule has 0 bridgehead atoms. The van der Waals surface area contributed by atoms with Gasteiger partial charge in [0.1, 0.15) is 5.65 Å². The van der Waals surface area contributed by atoms with Crippen LogP contribution in [0.25, 0.3) is 22.3 Å². The molecule has 3 aromatic heterocycles. The Morgan fingerprint density at radius 3 is 3.16 bits per heavy atom. The Bertz CT molecular complexity index is 744. The zero-order valence-electron chi connectivity index (χ0n) is 9.98. The summed E-state index contributed by atoms with van der Waals surface area (Å²) in [7, 11) is 0. The molecular formula is C13H11BrN4S. The van der Waals surface area contributed by atoms with Crippen molar-refractivity contribution >= 4 is 43.4 Å². The van der Waals surface area contributed by atoms with Crippen LogP contribution >= 0.6 is 27.3 Å². The Balaban J connectivity index is 1.76. The predicted octanol–water partition coefficient (Wildman–Crippen LogP) is 4.02. The number of fused-ring (bicyclic) bond motifs is 1. The molecule has 0 aliphatic heterocycles. The number of pyridine rings is 1. The van der Waals surface area contributed by atoms with E-state index in [1.807, 2.05) is 6.20 Å². The monoisotopic (exact) mass is 334 g/mol. The van der Waals surface area contributed by atoms with Crippen LogP contribution in [-0.2, 0) is 0 Å². The van der Waals surface area contributed by atoms with Crippen LogP contribution in [0.15, 0.2) is 28.3 Å². The van der Waals surface area contributed by atoms with Gasteiger partial charge in [0.15, 0.2) is 5.13 Å². The first-order chi connectivity index (χ1) is 9.29. The zero-order valence-corrected chi connectivity index (χ0v) is 12.4. The van der Waals surface area contributed by atoms with Crippen molar-refractivity contribution in [2.24, 2.45) is 0 Å². The molecule has 0 unspecified atom stereocenters. The summed E-state index contributed by atoms with van der Waals surface area (Å²) in [5.41, 5.74) is 2.99. The lowest BCUT2D eigenvalue weighted by molar-refractivity contribution is 1.14. The maximum absolute atomic E-state index is 4.66. The van der Waals surface area contributed by atoms with E-state index in [1.54, 1.807) is 17.5 Å². The minimum atomic E-state index is 0.637. The number of aromatic amines is 1. The maximum Gasteiger partial charge on any atom is 0.183 e. The van der Waals surface area contributed by atoms with Crippen LogP contribution in [0.5, 0.6) is 0 Å². The van der Waals surface area contributed by atoms with E-state index in [9.17, 15) is 0 Å². The van der Waals surface area contributed by atoms with Gasteiger partial charge in [-0.25, -0.2) is 9.97 Å². The van der Waals surface area contributed by atoms with E-state index in [0.29, 0.717) is 6.04 Å². The lowest BCUT2D eigenvalue weighted by Crippen LogP contribution is -1.99. The molecule has 3 aromatic rings. The van der Waals surface area contributed by atoms with Gasteiger partial charge in [0.25, 0.3) is 0 Å². The molecule has 19 heavy (non-hydrogen) atoms. The van der Waals surface area contributed by atoms with Crippen molar-refractivity contribution in [3.05, 3.63) is 28.3 Å². The lowest BCUT2D eigenvalue weighted by Gasteiger charge is -1.97. The quantitative estimate of drug-likeness (QED) is 0.760. The number of aromatic nitrogens is 3. The average molecular weight is 335 g/mol. The number of hydrogen-bond acceptors (Lipinski definition) is 4. The SMILES string of the molecule is Brc1cnc2[nH]cc(-c3csc(NC4CC4)n3)c2c1. The Morgan fingerprint density at radius 2 is 2.32 bits per heavy atom. The largest absolute Gasteiger partial charge is 0.359 e. The van der Waals surface area contributed by atoms with E-state index in [1.165, 1.54) is 12.8 Å². The van der Waals surface area contributed by atoms with E-state index < -0.39 is 0 Å². The number of nitrogens with one attached hydrogen (secondary N) is 2. The van der Waals surface area contributed by atoms with Gasteiger partial charge in [0.2, 0.25) is 0 Å². The number of H-pyrrole nitrogens is 1. The molecule has 2 N–H and O–H groups in total. The van der Waals surface area contributed by atoms with Gasteiger partial charge < -0.3 is 10.3 Å². The first-order valence-corrected chi connectivity index (χ1v) is 7.82. The molecule has 1 aliphatic rings. The Labute approximate surface area is 122 Å². The second-order valence-corrected chi connectivity index (χ2v) is 6.48. The summed E-state index contributed by atoms with van der Waals surface area (Å²) in [4.78, 5) is 12.2. The van der Waals surface area contributed by atoms with Crippen LogP contribution in [0.2, 0.25) is 0 Å². The first-order valence-electron chi connectivity index (χ1n) is 6.15. The number of halogens is 1. The molecule has 0 spiro atoms. The normalized spacial score (nSPS) is 15.0. The van der Waals surface area contributed by atoms with Gasteiger partial charge in [-0.3, -0.25) is 0 Å². The summed E-state index contributed by atoms with van der Waals surface area (Å²) in [5.74, 6) is 0. The van der Waals surface area contributed by atoms with Gasteiger partial charge in [-0.2, -0.15) is 0 Å². The summed E-state index contributed by atoms with van der Waals surface area (Å²) in [6, 6.07) is 2.71. The molecule has 0 aromatic carbocycles. The van der Waals surface area contributed by atoms with Gasteiger partial charge in [-0.15, -0.1) is 11.3 Å². The minimum absolute atomic E-state index is 0.637. The summed E-state index contributed by atoms with van der Waals surface area (Å²) in [6.07, 6.45) is 6.29. The van der Waals surface area contributed by atoms with E-state index in [4.69, 9.17) is 0 Å². The number of anilines is 1. The molecule has 0 saturated heterocycles. The highest BCUT2D eigenvalue weighted by Gasteiger charge is 2.22. The van der Waals surface area contributed by atoms with E-state index in [2.05, 4.69) is 47.6 Å². The van der Waals surface area contributed by atoms with Crippen LogP contribution in [0, 0.1) is 0 Å². The van der Waals surface area contributed by atoms with Gasteiger partial charge in [-0.05, 0) is 34.8 Å². The standard InChI is InChI=1S/C13H11BrN4S/c14-7-3-9-10(5-16-12(9)15-4-7)11-6-19-13(18-11)17-8-1-2-8/h3-6,8H,1-2H2,(H,15,16)(H,17,18). The minimum Gasteiger partial charge on any atom is -0.359 e. The molecule has 4 rings (SSSR count). The molecule has 3 heterocycles. The van der Waals surface area contributed by atoms with Gasteiger partial charge >= 0.3 is 0 Å². The zero-order chi connectivity index (χ0) is 12.8. The molecule has 1 fully saturated rings. The van der Waals surface area contributed by atoms with Crippen molar-refractivity contribution in [3.63, 3.8) is 0 Å². The number of hydrogen-bond donors (Lipinski definition) is 2. The highest BCUT2D eigenvalue weighted by atomic mass is 79.9. The third-order valence-corrected chi connectivity index (χ3v) is 4.39. The van der Waals surface area contributed by atoms with E-state index in [0.717, 1.165) is 31.9 Å². The Kier molecular flexibility index (Phi) is 2.60. The van der Waals surface area contributed by atoms with Crippen LogP contribution in [-0.4, -0.2) is 21.0 Å². The molecule has 1 aliphatic carbocycles. The van der Waals surface area contributed by atoms with Crippen molar-refractivity contribution in [2.45, 2.75) is 18.9 Å². The predicted molar refractivity (Wildman–Crippen MR) is 81.5 cm³/mol. The van der Waals surface area contributed by atoms with Crippen molar-refractivity contribution in [3.8, 4) is 11.3 Å². The molecule has 0 radical (unpaired) electrons. The van der Waals surface area contributed by atoms with Crippen molar-refractivity contribution in [2.75, 3.05) is 5.32 Å². The topological polar surface area (TPSA) is 53.6 Å². The highest BCUT2D eigenvalue weighted by Crippen LogP contribution is 2.33. The van der Waals surface area contributed by atoms with Crippen molar-refractivity contribution in [1.82, 2.24) is 15.0 Å². The molecule has 1 saturated carbocycles. The number of rotatable bonds is 3. The van der Waals surface area contributed by atoms with Crippen molar-refractivity contribution in [1.29, 1.82) is 0 Å². The van der Waals surface area contributed by atoms with Crippen LogP contribution in [0.1, 0.15) is 12.8 Å². The first kappa shape index (κ1) is 11.4. The van der Waals surface area contributed by atoms with Crippen LogP contribution < -0.4 is 5.32 Å². The van der Waals surface area contributed by atoms with Crippen molar-refractivity contribution < 1.29 is 0 Å². The van der Waals surface area contributed by atoms with E-state index >= 15 is 0 Å². The molecule has 0 amide bonds. The summed E-state index contributed by atoms with van der Waals surface area (Å²) >= 11 is 5.12. The van der Waals surface area contributed by atoms with Crippen LogP contribution in [0.3, 0.4) is 0 Å². The fourth-order valence-corrected chi connectivity index (χ4v) is 3.18. The smallest absolute Gasteiger partial charge is 0.183 e. The second-order valence-electron chi connectivity index (χ2n) is 4.71. The summed E-state index contributed by atoms with van der Waals surface area (Å²) < 4.78 is 0.979. The van der Waals surface area contributed by atoms with E-state index in [-0.39, 0.29) is 0 Å². The second kappa shape index (κ2) is 4.31. The number of nitrogens with zero attached hydrogens (tertiary/aromatic N) is 2. The third kappa shape index (κ3) is 2.15. The molecule has 4 nitrogen and oxygen atoms in total. The number of thiazole rings is 1. The fourth-order valence-electron chi connectivity index (χ4n) is 2.06. The third-order valence-electron chi connectivity index (χ3n) is 3.18. The molecular weight excluding hydrogens is 324 g/mol. The van der Waals surface area contributed by atoms with Gasteiger partial charge in [0.05, 0.1) is 5.69 Å². The maximum atomic E-state index is 4.66. The summed E-state index contributed by atoms with van der Waals surface area (Å²) in [6.45, 7) is 0. The average Bonchev–Trinajstić information content (AvgIpc) is 2.93. The van der Waals surface area contributed by atoms with Crippen LogP contribution in [0.4, 0.5) is 5.13 Å². The highest BCUT2D eigenvalue weighted by molar-refractivity contribution is 9.10.